The Labute approximate surface area is 172 Å². The maximum absolute atomic E-state index is 5.89. The summed E-state index contributed by atoms with van der Waals surface area (Å²) in [6, 6.07) is 9.44. The van der Waals surface area contributed by atoms with Gasteiger partial charge in [-0.25, -0.2) is 0 Å². The van der Waals surface area contributed by atoms with Crippen LogP contribution in [-0.4, -0.2) is 27.9 Å². The van der Waals surface area contributed by atoms with E-state index < -0.39 is 0 Å². The van der Waals surface area contributed by atoms with Crippen molar-refractivity contribution in [1.82, 2.24) is 0 Å². The number of benzene rings is 2. The first-order chi connectivity index (χ1) is 14.0. The fraction of sp³-hybridized carbons (Fsp3) is 0.261. The van der Waals surface area contributed by atoms with E-state index in [1.807, 2.05) is 50.3 Å². The third kappa shape index (κ3) is 4.41. The molecule has 1 heterocycles. The van der Waals surface area contributed by atoms with E-state index >= 15 is 0 Å². The number of hydrogen-bond donors (Lipinski definition) is 0. The van der Waals surface area contributed by atoms with Crippen LogP contribution in [0.1, 0.15) is 13.8 Å². The highest BCUT2D eigenvalue weighted by Gasteiger charge is 2.14. The minimum Gasteiger partial charge on any atom is -0.496 e. The van der Waals surface area contributed by atoms with Gasteiger partial charge in [0.2, 0.25) is 0 Å². The van der Waals surface area contributed by atoms with Crippen LogP contribution in [0.3, 0.4) is 0 Å². The standard InChI is InChI=1S/C23H25O5P/c1-14(2)8-9-27-18-7-6-15(10-19(18)25-4)17-13-28-21-12-16(24-3)11-20(26-5)22(21)23(17)29/h6-8,10-13,29H,9H2,1-5H3. The molecule has 0 aliphatic rings. The first kappa shape index (κ1) is 20.8. The SMILES string of the molecule is COc1cc(OC)c2c(=P)c(-c3ccc(OCC=C(C)C)c(OC)c3)coc2c1. The summed E-state index contributed by atoms with van der Waals surface area (Å²) >= 11 is 0. The molecule has 1 aromatic heterocycles. The second kappa shape index (κ2) is 9.06. The minimum absolute atomic E-state index is 0.492. The van der Waals surface area contributed by atoms with E-state index in [0.29, 0.717) is 35.2 Å². The molecule has 152 valence electrons. The lowest BCUT2D eigenvalue weighted by molar-refractivity contribution is 0.326. The highest BCUT2D eigenvalue weighted by atomic mass is 31.0. The molecule has 0 radical (unpaired) electrons. The van der Waals surface area contributed by atoms with Crippen molar-refractivity contribution in [2.45, 2.75) is 13.8 Å². The molecule has 0 bridgehead atoms. The fourth-order valence-electron chi connectivity index (χ4n) is 2.96. The zero-order chi connectivity index (χ0) is 21.0. The Hall–Kier alpha value is -2.91. The van der Waals surface area contributed by atoms with Gasteiger partial charge >= 0.3 is 0 Å². The first-order valence-corrected chi connectivity index (χ1v) is 9.65. The van der Waals surface area contributed by atoms with Crippen molar-refractivity contribution in [2.24, 2.45) is 0 Å². The van der Waals surface area contributed by atoms with Crippen LogP contribution in [0.25, 0.3) is 22.1 Å². The van der Waals surface area contributed by atoms with Gasteiger partial charge in [-0.2, -0.15) is 0 Å². The largest absolute Gasteiger partial charge is 0.496 e. The van der Waals surface area contributed by atoms with Crippen LogP contribution >= 0.6 is 8.86 Å². The molecule has 0 unspecified atom stereocenters. The van der Waals surface area contributed by atoms with E-state index in [4.69, 9.17) is 23.4 Å². The summed E-state index contributed by atoms with van der Waals surface area (Å²) in [5, 5.41) is 0.824. The lowest BCUT2D eigenvalue weighted by Crippen LogP contribution is -1.97. The van der Waals surface area contributed by atoms with Crippen LogP contribution in [0.5, 0.6) is 23.0 Å². The van der Waals surface area contributed by atoms with Crippen LogP contribution in [0, 0.1) is 4.94 Å². The van der Waals surface area contributed by atoms with Gasteiger partial charge in [-0.3, -0.25) is 0 Å². The van der Waals surface area contributed by atoms with Crippen LogP contribution in [0.2, 0.25) is 0 Å². The molecule has 0 N–H and O–H groups in total. The van der Waals surface area contributed by atoms with Gasteiger partial charge in [0.1, 0.15) is 23.7 Å². The number of allylic oxidation sites excluding steroid dienone is 1. The van der Waals surface area contributed by atoms with Crippen molar-refractivity contribution in [1.29, 1.82) is 0 Å². The Morgan fingerprint density at radius 3 is 2.38 bits per heavy atom. The molecular weight excluding hydrogens is 387 g/mol. The molecule has 3 rings (SSSR count). The van der Waals surface area contributed by atoms with Crippen molar-refractivity contribution in [3.8, 4) is 34.1 Å². The second-order valence-corrected chi connectivity index (χ2v) is 7.19. The van der Waals surface area contributed by atoms with E-state index in [0.717, 1.165) is 21.5 Å². The van der Waals surface area contributed by atoms with Crippen molar-refractivity contribution in [2.75, 3.05) is 27.9 Å². The topological polar surface area (TPSA) is 50.1 Å². The molecule has 0 atom stereocenters. The average Bonchev–Trinajstić information content (AvgIpc) is 2.73. The van der Waals surface area contributed by atoms with Gasteiger partial charge in [0.15, 0.2) is 11.5 Å². The number of fused-ring (bicyclic) bond motifs is 1. The molecule has 0 saturated carbocycles. The Morgan fingerprint density at radius 1 is 0.966 bits per heavy atom. The summed E-state index contributed by atoms with van der Waals surface area (Å²) in [7, 11) is 8.63. The molecule has 29 heavy (non-hydrogen) atoms. The number of rotatable bonds is 7. The molecule has 6 heteroatoms. The Balaban J connectivity index is 2.07. The lowest BCUT2D eigenvalue weighted by atomic mass is 10.0. The third-order valence-corrected chi connectivity index (χ3v) is 5.04. The van der Waals surface area contributed by atoms with Crippen LogP contribution in [0.15, 0.2) is 52.7 Å². The lowest BCUT2D eigenvalue weighted by Gasteiger charge is -2.13. The molecule has 0 amide bonds. The Kier molecular flexibility index (Phi) is 6.50. The molecule has 0 aliphatic carbocycles. The van der Waals surface area contributed by atoms with Gasteiger partial charge < -0.3 is 23.4 Å². The number of methoxy groups -OCH3 is 3. The van der Waals surface area contributed by atoms with Gasteiger partial charge in [-0.15, -0.1) is 8.86 Å². The van der Waals surface area contributed by atoms with E-state index in [-0.39, 0.29) is 0 Å². The summed E-state index contributed by atoms with van der Waals surface area (Å²) in [4.78, 5) is 0.853. The zero-order valence-corrected chi connectivity index (χ0v) is 18.3. The summed E-state index contributed by atoms with van der Waals surface area (Å²) in [6.07, 6.45) is 3.72. The van der Waals surface area contributed by atoms with Gasteiger partial charge in [-0.1, -0.05) is 11.6 Å². The maximum atomic E-state index is 5.89. The van der Waals surface area contributed by atoms with Gasteiger partial charge in [0, 0.05) is 22.6 Å². The van der Waals surface area contributed by atoms with E-state index in [1.165, 1.54) is 5.57 Å². The third-order valence-electron chi connectivity index (χ3n) is 4.52. The van der Waals surface area contributed by atoms with Crippen LogP contribution in [0.4, 0.5) is 0 Å². The molecule has 2 aromatic carbocycles. The predicted octanol–water partition coefficient (Wildman–Crippen LogP) is 6.15. The van der Waals surface area contributed by atoms with Crippen LogP contribution in [-0.2, 0) is 0 Å². The zero-order valence-electron chi connectivity index (χ0n) is 17.3. The smallest absolute Gasteiger partial charge is 0.161 e. The molecule has 3 aromatic rings. The summed E-state index contributed by atoms with van der Waals surface area (Å²) in [5.41, 5.74) is 3.65. The van der Waals surface area contributed by atoms with Crippen molar-refractivity contribution >= 4 is 19.8 Å². The van der Waals surface area contributed by atoms with Gasteiger partial charge in [0.05, 0.1) is 33.0 Å². The number of hydrogen-bond acceptors (Lipinski definition) is 5. The molecule has 0 spiro atoms. The highest BCUT2D eigenvalue weighted by Crippen LogP contribution is 2.38. The molecular formula is C23H25O5P. The predicted molar refractivity (Wildman–Crippen MR) is 118 cm³/mol. The van der Waals surface area contributed by atoms with Crippen LogP contribution < -0.4 is 18.9 Å². The molecule has 0 aliphatic heterocycles. The van der Waals surface area contributed by atoms with Crippen molar-refractivity contribution < 1.29 is 23.4 Å². The quantitative estimate of drug-likeness (QED) is 0.344. The second-order valence-electron chi connectivity index (χ2n) is 6.69. The maximum Gasteiger partial charge on any atom is 0.161 e. The van der Waals surface area contributed by atoms with Crippen molar-refractivity contribution in [3.63, 3.8) is 0 Å². The highest BCUT2D eigenvalue weighted by molar-refractivity contribution is 7.07. The molecule has 0 saturated heterocycles. The van der Waals surface area contributed by atoms with E-state index in [9.17, 15) is 0 Å². The molecule has 5 nitrogen and oxygen atoms in total. The van der Waals surface area contributed by atoms with Crippen molar-refractivity contribution in [3.05, 3.63) is 53.2 Å². The molecule has 0 fully saturated rings. The number of ether oxygens (including phenoxy) is 4. The summed E-state index contributed by atoms with van der Waals surface area (Å²) < 4.78 is 28.1. The summed E-state index contributed by atoms with van der Waals surface area (Å²) in [6.45, 7) is 4.56. The van der Waals surface area contributed by atoms with Gasteiger partial charge in [0.25, 0.3) is 0 Å². The summed E-state index contributed by atoms with van der Waals surface area (Å²) in [5.74, 6) is 2.65. The average molecular weight is 412 g/mol. The minimum atomic E-state index is 0.492. The fourth-order valence-corrected chi connectivity index (χ4v) is 3.41. The monoisotopic (exact) mass is 412 g/mol. The normalized spacial score (nSPS) is 10.5. The van der Waals surface area contributed by atoms with E-state index in [1.54, 1.807) is 27.6 Å². The van der Waals surface area contributed by atoms with E-state index in [2.05, 4.69) is 8.86 Å². The Morgan fingerprint density at radius 2 is 1.72 bits per heavy atom. The first-order valence-electron chi connectivity index (χ1n) is 9.15. The van der Waals surface area contributed by atoms with Gasteiger partial charge in [-0.05, 0) is 37.6 Å². The Bertz CT molecular complexity index is 1110.